The van der Waals surface area contributed by atoms with Crippen LogP contribution in [0.25, 0.3) is 0 Å². The van der Waals surface area contributed by atoms with Crippen LogP contribution in [0.1, 0.15) is 0 Å². The molecular weight excluding hydrogens is 329 g/mol. The Kier molecular flexibility index (Phi) is 5.36. The molecule has 1 unspecified atom stereocenters. The summed E-state index contributed by atoms with van der Waals surface area (Å²) in [6.45, 7) is -0.103. The van der Waals surface area contributed by atoms with Crippen LogP contribution in [0.2, 0.25) is 5.02 Å². The highest BCUT2D eigenvalue weighted by Gasteiger charge is 2.20. The maximum atomic E-state index is 11.1. The van der Waals surface area contributed by atoms with E-state index in [0.717, 1.165) is 0 Å². The van der Waals surface area contributed by atoms with Gasteiger partial charge in [0.2, 0.25) is 0 Å². The summed E-state index contributed by atoms with van der Waals surface area (Å²) in [6.07, 6.45) is 0. The Balaban J connectivity index is 2.80. The molecule has 0 aromatic heterocycles. The Morgan fingerprint density at radius 2 is 2.28 bits per heavy atom. The van der Waals surface area contributed by atoms with Gasteiger partial charge >= 0.3 is 11.7 Å². The minimum Gasteiger partial charge on any atom is -0.485 e. The summed E-state index contributed by atoms with van der Waals surface area (Å²) in [7, 11) is 1.23. The average Bonchev–Trinajstić information content (AvgIpc) is 2.34. The lowest BCUT2D eigenvalue weighted by Crippen LogP contribution is -2.23. The molecule has 0 spiro atoms. The number of ether oxygens (including phenoxy) is 2. The van der Waals surface area contributed by atoms with Crippen molar-refractivity contribution in [1.82, 2.24) is 0 Å². The van der Waals surface area contributed by atoms with E-state index in [9.17, 15) is 14.9 Å². The molecule has 0 aliphatic rings. The average molecular weight is 339 g/mol. The normalized spacial score (nSPS) is 11.7. The largest absolute Gasteiger partial charge is 0.485 e. The summed E-state index contributed by atoms with van der Waals surface area (Å²) in [5.74, 6) is -0.527. The maximum absolute atomic E-state index is 11.1. The number of hydrogen-bond donors (Lipinski definition) is 0. The maximum Gasteiger partial charge on any atom is 0.322 e. The van der Waals surface area contributed by atoms with E-state index in [-0.39, 0.29) is 18.0 Å². The quantitative estimate of drug-likeness (QED) is 0.357. The topological polar surface area (TPSA) is 78.7 Å². The zero-order chi connectivity index (χ0) is 13.7. The Hall–Kier alpha value is -1.34. The third-order valence-corrected chi connectivity index (χ3v) is 2.83. The van der Waals surface area contributed by atoms with Crippen LogP contribution in [0, 0.1) is 10.1 Å². The smallest absolute Gasteiger partial charge is 0.322 e. The van der Waals surface area contributed by atoms with Crippen LogP contribution in [0.5, 0.6) is 5.75 Å². The van der Waals surface area contributed by atoms with Crippen molar-refractivity contribution in [1.29, 1.82) is 0 Å². The second-order valence-electron chi connectivity index (χ2n) is 3.17. The molecule has 0 heterocycles. The van der Waals surface area contributed by atoms with Gasteiger partial charge in [-0.25, -0.2) is 0 Å². The van der Waals surface area contributed by atoms with E-state index in [1.807, 2.05) is 0 Å². The molecule has 18 heavy (non-hydrogen) atoms. The summed E-state index contributed by atoms with van der Waals surface area (Å²) in [6, 6.07) is 3.94. The highest BCUT2D eigenvalue weighted by atomic mass is 79.9. The predicted molar refractivity (Wildman–Crippen MR) is 68.3 cm³/mol. The van der Waals surface area contributed by atoms with Crippen LogP contribution >= 0.6 is 27.5 Å². The standard InChI is InChI=1S/C10H9BrClNO5/c1-17-10(14)7(11)5-18-9-4-6(12)2-3-8(9)13(15)16/h2-4,7H,5H2,1H3. The molecule has 0 radical (unpaired) electrons. The Labute approximate surface area is 116 Å². The van der Waals surface area contributed by atoms with E-state index in [2.05, 4.69) is 20.7 Å². The highest BCUT2D eigenvalue weighted by molar-refractivity contribution is 9.10. The minimum absolute atomic E-state index is 0.000790. The van der Waals surface area contributed by atoms with Crippen molar-refractivity contribution in [3.8, 4) is 5.75 Å². The minimum atomic E-state index is -0.707. The fraction of sp³-hybridized carbons (Fsp3) is 0.300. The molecular formula is C10H9BrClNO5. The number of nitro groups is 1. The molecule has 0 fully saturated rings. The number of halogens is 2. The first-order valence-electron chi connectivity index (χ1n) is 4.74. The predicted octanol–water partition coefficient (Wildman–Crippen LogP) is 2.56. The van der Waals surface area contributed by atoms with Crippen LogP contribution in [0.15, 0.2) is 18.2 Å². The van der Waals surface area contributed by atoms with Gasteiger partial charge in [-0.1, -0.05) is 27.5 Å². The van der Waals surface area contributed by atoms with Crippen molar-refractivity contribution in [2.45, 2.75) is 4.83 Å². The van der Waals surface area contributed by atoms with Crippen molar-refractivity contribution in [2.75, 3.05) is 13.7 Å². The lowest BCUT2D eigenvalue weighted by Gasteiger charge is -2.10. The van der Waals surface area contributed by atoms with E-state index >= 15 is 0 Å². The van der Waals surface area contributed by atoms with Crippen LogP contribution in [0.3, 0.4) is 0 Å². The zero-order valence-corrected chi connectivity index (χ0v) is 11.6. The van der Waals surface area contributed by atoms with E-state index in [0.29, 0.717) is 5.02 Å². The molecule has 0 bridgehead atoms. The second-order valence-corrected chi connectivity index (χ2v) is 4.71. The molecule has 1 rings (SSSR count). The summed E-state index contributed by atoms with van der Waals surface area (Å²) >= 11 is 8.76. The van der Waals surface area contributed by atoms with Gasteiger partial charge in [-0.15, -0.1) is 0 Å². The number of methoxy groups -OCH3 is 1. The third kappa shape index (κ3) is 3.85. The lowest BCUT2D eigenvalue weighted by molar-refractivity contribution is -0.385. The lowest BCUT2D eigenvalue weighted by atomic mass is 10.3. The van der Waals surface area contributed by atoms with Gasteiger partial charge in [-0.3, -0.25) is 14.9 Å². The van der Waals surface area contributed by atoms with Gasteiger partial charge in [0.25, 0.3) is 0 Å². The van der Waals surface area contributed by atoms with Crippen molar-refractivity contribution in [3.05, 3.63) is 33.3 Å². The molecule has 0 aliphatic carbocycles. The SMILES string of the molecule is COC(=O)C(Br)COc1cc(Cl)ccc1[N+](=O)[O-]. The van der Waals surface area contributed by atoms with Crippen LogP contribution < -0.4 is 4.74 Å². The summed E-state index contributed by atoms with van der Waals surface area (Å²) in [5.41, 5.74) is -0.219. The van der Waals surface area contributed by atoms with E-state index < -0.39 is 15.7 Å². The number of nitrogens with zero attached hydrogens (tertiary/aromatic N) is 1. The molecule has 0 N–H and O–H groups in total. The van der Waals surface area contributed by atoms with Crippen LogP contribution in [0.4, 0.5) is 5.69 Å². The van der Waals surface area contributed by atoms with Gasteiger partial charge in [-0.05, 0) is 6.07 Å². The summed E-state index contributed by atoms with van der Waals surface area (Å²) < 4.78 is 9.67. The molecule has 0 aliphatic heterocycles. The summed E-state index contributed by atoms with van der Waals surface area (Å²) in [4.78, 5) is 20.6. The number of nitro benzene ring substituents is 1. The van der Waals surface area contributed by atoms with Crippen molar-refractivity contribution in [3.63, 3.8) is 0 Å². The van der Waals surface area contributed by atoms with Gasteiger partial charge < -0.3 is 9.47 Å². The third-order valence-electron chi connectivity index (χ3n) is 1.96. The van der Waals surface area contributed by atoms with Crippen molar-refractivity contribution < 1.29 is 19.2 Å². The van der Waals surface area contributed by atoms with Gasteiger partial charge in [0, 0.05) is 17.2 Å². The Bertz CT molecular complexity index is 468. The number of esters is 1. The summed E-state index contributed by atoms with van der Waals surface area (Å²) in [5, 5.41) is 11.1. The first-order valence-corrected chi connectivity index (χ1v) is 6.03. The Morgan fingerprint density at radius 1 is 1.61 bits per heavy atom. The van der Waals surface area contributed by atoms with E-state index in [1.165, 1.54) is 25.3 Å². The molecule has 1 aromatic rings. The van der Waals surface area contributed by atoms with Crippen molar-refractivity contribution >= 4 is 39.2 Å². The fourth-order valence-electron chi connectivity index (χ4n) is 1.11. The monoisotopic (exact) mass is 337 g/mol. The van der Waals surface area contributed by atoms with E-state index in [4.69, 9.17) is 16.3 Å². The number of carbonyl (C=O) groups is 1. The molecule has 1 atom stereocenters. The van der Waals surface area contributed by atoms with E-state index in [1.54, 1.807) is 0 Å². The fourth-order valence-corrected chi connectivity index (χ4v) is 1.59. The second kappa shape index (κ2) is 6.55. The Morgan fingerprint density at radius 3 is 2.83 bits per heavy atom. The molecule has 8 heteroatoms. The number of benzene rings is 1. The highest BCUT2D eigenvalue weighted by Crippen LogP contribution is 2.30. The molecule has 0 saturated carbocycles. The van der Waals surface area contributed by atoms with Gasteiger partial charge in [0.05, 0.1) is 12.0 Å². The number of alkyl halides is 1. The molecule has 0 saturated heterocycles. The van der Waals surface area contributed by atoms with Gasteiger partial charge in [0.1, 0.15) is 11.4 Å². The molecule has 0 amide bonds. The molecule has 98 valence electrons. The molecule has 6 nitrogen and oxygen atoms in total. The van der Waals surface area contributed by atoms with Gasteiger partial charge in [-0.2, -0.15) is 0 Å². The van der Waals surface area contributed by atoms with Crippen LogP contribution in [-0.4, -0.2) is 29.4 Å². The first kappa shape index (κ1) is 14.7. The van der Waals surface area contributed by atoms with Gasteiger partial charge in [0.15, 0.2) is 5.75 Å². The zero-order valence-electron chi connectivity index (χ0n) is 9.26. The number of carbonyl (C=O) groups excluding carboxylic acids is 1. The van der Waals surface area contributed by atoms with Crippen molar-refractivity contribution in [2.24, 2.45) is 0 Å². The first-order chi connectivity index (χ1) is 8.45. The van der Waals surface area contributed by atoms with Crippen LogP contribution in [-0.2, 0) is 9.53 Å². The molecule has 1 aromatic carbocycles. The number of rotatable bonds is 5. The number of hydrogen-bond acceptors (Lipinski definition) is 5.